The average Bonchev–Trinajstić information content (AvgIpc) is 2.77. The van der Waals surface area contributed by atoms with Gasteiger partial charge in [0.15, 0.2) is 0 Å². The van der Waals surface area contributed by atoms with Crippen LogP contribution in [0.3, 0.4) is 0 Å². The molecule has 0 saturated heterocycles. The Bertz CT molecular complexity index is 676. The van der Waals surface area contributed by atoms with Crippen molar-refractivity contribution in [3.8, 4) is 11.5 Å². The van der Waals surface area contributed by atoms with Gasteiger partial charge < -0.3 is 15.4 Å². The van der Waals surface area contributed by atoms with Gasteiger partial charge in [0.2, 0.25) is 5.91 Å². The molecule has 2 aromatic rings. The maximum Gasteiger partial charge on any atom is 0.246 e. The van der Waals surface area contributed by atoms with Crippen molar-refractivity contribution in [3.05, 3.63) is 47.2 Å². The summed E-state index contributed by atoms with van der Waals surface area (Å²) in [6.07, 6.45) is 3.27. The number of anilines is 1. The molecule has 108 valence electrons. The third-order valence-corrected chi connectivity index (χ3v) is 3.50. The number of halogens is 1. The molecule has 1 aromatic carbocycles. The van der Waals surface area contributed by atoms with Crippen molar-refractivity contribution in [2.24, 2.45) is 0 Å². The van der Waals surface area contributed by atoms with Gasteiger partial charge in [0.05, 0.1) is 11.2 Å². The first kappa shape index (κ1) is 13.9. The zero-order chi connectivity index (χ0) is 14.8. The van der Waals surface area contributed by atoms with E-state index in [1.807, 2.05) is 6.92 Å². The van der Waals surface area contributed by atoms with Crippen molar-refractivity contribution in [2.45, 2.75) is 13.0 Å². The van der Waals surface area contributed by atoms with Crippen LogP contribution in [0.1, 0.15) is 18.5 Å². The first-order valence-electron chi connectivity index (χ1n) is 6.64. The van der Waals surface area contributed by atoms with Gasteiger partial charge in [-0.15, -0.1) is 0 Å². The highest BCUT2D eigenvalue weighted by atomic mass is 35.5. The van der Waals surface area contributed by atoms with Crippen LogP contribution in [-0.2, 0) is 4.79 Å². The number of carbonyl (C=O) groups is 1. The molecule has 3 rings (SSSR count). The molecule has 0 fully saturated rings. The fourth-order valence-electron chi connectivity index (χ4n) is 2.28. The van der Waals surface area contributed by atoms with Crippen molar-refractivity contribution in [1.82, 2.24) is 10.3 Å². The highest BCUT2D eigenvalue weighted by molar-refractivity contribution is 6.32. The molecule has 1 amide bonds. The Kier molecular flexibility index (Phi) is 3.77. The van der Waals surface area contributed by atoms with Gasteiger partial charge in [-0.25, -0.2) is 0 Å². The van der Waals surface area contributed by atoms with Crippen LogP contribution in [0.4, 0.5) is 5.69 Å². The topological polar surface area (TPSA) is 63.2 Å². The Morgan fingerprint density at radius 1 is 1.48 bits per heavy atom. The van der Waals surface area contributed by atoms with Crippen molar-refractivity contribution >= 4 is 23.2 Å². The second-order valence-corrected chi connectivity index (χ2v) is 5.05. The van der Waals surface area contributed by atoms with Crippen molar-refractivity contribution < 1.29 is 9.53 Å². The monoisotopic (exact) mass is 303 g/mol. The molecule has 5 nitrogen and oxygen atoms in total. The van der Waals surface area contributed by atoms with Crippen LogP contribution in [0, 0.1) is 0 Å². The number of hydrogen-bond donors (Lipinski definition) is 2. The Morgan fingerprint density at radius 3 is 3.05 bits per heavy atom. The number of hydrogen-bond acceptors (Lipinski definition) is 4. The molecule has 1 aliphatic rings. The number of nitrogens with one attached hydrogen (secondary N) is 2. The van der Waals surface area contributed by atoms with E-state index in [9.17, 15) is 4.79 Å². The molecule has 1 aromatic heterocycles. The molecule has 2 heterocycles. The predicted octanol–water partition coefficient (Wildman–Crippen LogP) is 3.13. The Balaban J connectivity index is 1.92. The quantitative estimate of drug-likeness (QED) is 0.911. The summed E-state index contributed by atoms with van der Waals surface area (Å²) in [4.78, 5) is 15.9. The maximum absolute atomic E-state index is 11.9. The molecule has 6 heteroatoms. The van der Waals surface area contributed by atoms with E-state index in [1.165, 1.54) is 0 Å². The van der Waals surface area contributed by atoms with Crippen molar-refractivity contribution in [1.29, 1.82) is 0 Å². The number of pyridine rings is 1. The molecule has 0 saturated carbocycles. The summed E-state index contributed by atoms with van der Waals surface area (Å²) < 4.78 is 5.70. The molecule has 2 N–H and O–H groups in total. The van der Waals surface area contributed by atoms with Crippen LogP contribution in [0.5, 0.6) is 11.5 Å². The Hall–Kier alpha value is -2.11. The fourth-order valence-corrected chi connectivity index (χ4v) is 2.49. The van der Waals surface area contributed by atoms with E-state index in [0.717, 1.165) is 5.56 Å². The highest BCUT2D eigenvalue weighted by Gasteiger charge is 2.31. The minimum atomic E-state index is -0.366. The van der Waals surface area contributed by atoms with E-state index in [2.05, 4.69) is 15.6 Å². The smallest absolute Gasteiger partial charge is 0.246 e. The lowest BCUT2D eigenvalue weighted by Crippen LogP contribution is -2.27. The van der Waals surface area contributed by atoms with Gasteiger partial charge in [0, 0.05) is 23.5 Å². The summed E-state index contributed by atoms with van der Waals surface area (Å²) in [5.41, 5.74) is 1.56. The van der Waals surface area contributed by atoms with Crippen LogP contribution < -0.4 is 15.4 Å². The van der Waals surface area contributed by atoms with Crippen LogP contribution in [0.2, 0.25) is 5.02 Å². The number of likely N-dealkylation sites (N-methyl/N-ethyl adjacent to an activating group) is 1. The minimum Gasteiger partial charge on any atom is -0.454 e. The largest absolute Gasteiger partial charge is 0.454 e. The second kappa shape index (κ2) is 5.71. The lowest BCUT2D eigenvalue weighted by molar-refractivity contribution is -0.117. The molecular formula is C15H14ClN3O2. The summed E-state index contributed by atoms with van der Waals surface area (Å²) in [5, 5.41) is 6.41. The van der Waals surface area contributed by atoms with Crippen LogP contribution in [0.25, 0.3) is 0 Å². The Labute approximate surface area is 127 Å². The average molecular weight is 304 g/mol. The van der Waals surface area contributed by atoms with Gasteiger partial charge in [0.1, 0.15) is 17.5 Å². The van der Waals surface area contributed by atoms with Gasteiger partial charge in [0.25, 0.3) is 0 Å². The van der Waals surface area contributed by atoms with Crippen molar-refractivity contribution in [2.75, 3.05) is 11.9 Å². The molecule has 1 atom stereocenters. The van der Waals surface area contributed by atoms with E-state index in [1.54, 1.807) is 36.7 Å². The minimum absolute atomic E-state index is 0.0820. The standard InChI is InChI=1S/C15H14ClN3O2/c1-2-18-14-10-6-11(16)13(7-12(10)19-15(14)20)21-9-4-3-5-17-8-9/h3-8,14,18H,2H2,1H3,(H,19,20). The molecule has 1 unspecified atom stereocenters. The first-order chi connectivity index (χ1) is 10.2. The summed E-state index contributed by atoms with van der Waals surface area (Å²) in [6.45, 7) is 2.65. The number of nitrogens with zero attached hydrogens (tertiary/aromatic N) is 1. The second-order valence-electron chi connectivity index (χ2n) is 4.64. The lowest BCUT2D eigenvalue weighted by atomic mass is 10.1. The normalized spacial score (nSPS) is 16.5. The molecular weight excluding hydrogens is 290 g/mol. The summed E-state index contributed by atoms with van der Waals surface area (Å²) in [5.74, 6) is 0.995. The van der Waals surface area contributed by atoms with Gasteiger partial charge in [-0.2, -0.15) is 0 Å². The summed E-state index contributed by atoms with van der Waals surface area (Å²) in [7, 11) is 0. The molecule has 0 radical (unpaired) electrons. The highest BCUT2D eigenvalue weighted by Crippen LogP contribution is 2.39. The van der Waals surface area contributed by atoms with E-state index in [4.69, 9.17) is 16.3 Å². The summed E-state index contributed by atoms with van der Waals surface area (Å²) >= 11 is 6.26. The third-order valence-electron chi connectivity index (χ3n) is 3.21. The molecule has 0 aliphatic carbocycles. The Morgan fingerprint density at radius 2 is 2.33 bits per heavy atom. The fraction of sp³-hybridized carbons (Fsp3) is 0.200. The van der Waals surface area contributed by atoms with Gasteiger partial charge in [-0.05, 0) is 24.7 Å². The number of benzene rings is 1. The van der Waals surface area contributed by atoms with Crippen molar-refractivity contribution in [3.63, 3.8) is 0 Å². The zero-order valence-electron chi connectivity index (χ0n) is 11.4. The molecule has 0 bridgehead atoms. The number of rotatable bonds is 4. The van der Waals surface area contributed by atoms with E-state index < -0.39 is 0 Å². The third kappa shape index (κ3) is 2.70. The number of amides is 1. The zero-order valence-corrected chi connectivity index (χ0v) is 12.1. The van der Waals surface area contributed by atoms with E-state index in [-0.39, 0.29) is 11.9 Å². The first-order valence-corrected chi connectivity index (χ1v) is 7.02. The predicted molar refractivity (Wildman–Crippen MR) is 80.8 cm³/mol. The molecule has 1 aliphatic heterocycles. The summed E-state index contributed by atoms with van der Waals surface area (Å²) in [6, 6.07) is 6.69. The number of ether oxygens (including phenoxy) is 1. The SMILES string of the molecule is CCNC1C(=O)Nc2cc(Oc3cccnc3)c(Cl)cc21. The van der Waals surface area contributed by atoms with Crippen LogP contribution in [0.15, 0.2) is 36.7 Å². The molecule has 21 heavy (non-hydrogen) atoms. The number of fused-ring (bicyclic) bond motifs is 1. The van der Waals surface area contributed by atoms with Gasteiger partial charge in [-0.1, -0.05) is 18.5 Å². The van der Waals surface area contributed by atoms with Gasteiger partial charge >= 0.3 is 0 Å². The maximum atomic E-state index is 11.9. The number of aromatic nitrogens is 1. The lowest BCUT2D eigenvalue weighted by Gasteiger charge is -2.12. The van der Waals surface area contributed by atoms with Gasteiger partial charge in [-0.3, -0.25) is 9.78 Å². The van der Waals surface area contributed by atoms with Crippen LogP contribution in [-0.4, -0.2) is 17.4 Å². The van der Waals surface area contributed by atoms with E-state index >= 15 is 0 Å². The van der Waals surface area contributed by atoms with Crippen LogP contribution >= 0.6 is 11.6 Å². The number of carbonyl (C=O) groups excluding carboxylic acids is 1. The van der Waals surface area contributed by atoms with E-state index in [0.29, 0.717) is 28.8 Å². The molecule has 0 spiro atoms.